The first-order valence-corrected chi connectivity index (χ1v) is 17.2. The third-order valence-corrected chi connectivity index (χ3v) is 9.52. The standard InChI is InChI=1S/C46H32N6/c47-41-38(28-37-40(42(41)48)36-23-13-14-24-39(36)49-43(37)31-19-9-3-10-20-31)46-51-44(32-21-11-4-12-22-32)50-45(52-46)35-26-33(29-15-5-1-6-16-29)25-34(27-35)30-17-7-2-8-18-30/h1-28,41,48H,47H2. The van der Waals surface area contributed by atoms with Crippen molar-refractivity contribution in [3.05, 3.63) is 181 Å². The number of rotatable bonds is 6. The molecule has 0 bridgehead atoms. The van der Waals surface area contributed by atoms with Crippen LogP contribution in [0.3, 0.4) is 0 Å². The number of nitrogens with one attached hydrogen (secondary N) is 1. The van der Waals surface area contributed by atoms with Gasteiger partial charge in [-0.05, 0) is 52.6 Å². The first-order valence-electron chi connectivity index (χ1n) is 17.2. The highest BCUT2D eigenvalue weighted by molar-refractivity contribution is 6.23. The molecule has 8 aromatic rings. The highest BCUT2D eigenvalue weighted by Gasteiger charge is 2.31. The fourth-order valence-corrected chi connectivity index (χ4v) is 6.94. The molecule has 2 aromatic heterocycles. The van der Waals surface area contributed by atoms with Crippen LogP contribution in [-0.2, 0) is 0 Å². The van der Waals surface area contributed by atoms with E-state index in [1.54, 1.807) is 0 Å². The van der Waals surface area contributed by atoms with Gasteiger partial charge in [-0.15, -0.1) is 0 Å². The molecule has 0 saturated carbocycles. The molecule has 1 aliphatic carbocycles. The summed E-state index contributed by atoms with van der Waals surface area (Å²) >= 11 is 0. The van der Waals surface area contributed by atoms with Crippen molar-refractivity contribution in [1.82, 2.24) is 19.9 Å². The van der Waals surface area contributed by atoms with Gasteiger partial charge in [0.05, 0.1) is 23.0 Å². The van der Waals surface area contributed by atoms with Crippen LogP contribution >= 0.6 is 0 Å². The molecule has 6 aromatic carbocycles. The number of nitrogens with two attached hydrogens (primary N) is 1. The molecule has 52 heavy (non-hydrogen) atoms. The minimum Gasteiger partial charge on any atom is -0.319 e. The largest absolute Gasteiger partial charge is 0.319 e. The van der Waals surface area contributed by atoms with E-state index >= 15 is 0 Å². The second-order valence-corrected chi connectivity index (χ2v) is 12.8. The normalized spacial score (nSPS) is 13.8. The smallest absolute Gasteiger partial charge is 0.164 e. The second kappa shape index (κ2) is 13.1. The van der Waals surface area contributed by atoms with Gasteiger partial charge in [0.15, 0.2) is 17.5 Å². The molecule has 9 rings (SSSR count). The summed E-state index contributed by atoms with van der Waals surface area (Å²) in [5, 5.41) is 10.4. The summed E-state index contributed by atoms with van der Waals surface area (Å²) in [6.07, 6.45) is 2.03. The maximum atomic E-state index is 9.51. The number of para-hydroxylation sites is 1. The summed E-state index contributed by atoms with van der Waals surface area (Å²) in [6, 6.07) is 54.3. The van der Waals surface area contributed by atoms with E-state index < -0.39 is 6.04 Å². The van der Waals surface area contributed by atoms with Crippen LogP contribution in [0.1, 0.15) is 17.0 Å². The minimum absolute atomic E-state index is 0.295. The number of hydrogen-bond acceptors (Lipinski definition) is 6. The van der Waals surface area contributed by atoms with E-state index in [1.807, 2.05) is 127 Å². The van der Waals surface area contributed by atoms with Crippen LogP contribution in [0.5, 0.6) is 0 Å². The number of aromatic nitrogens is 4. The van der Waals surface area contributed by atoms with E-state index in [0.29, 0.717) is 28.8 Å². The lowest BCUT2D eigenvalue weighted by Gasteiger charge is -2.26. The molecule has 6 nitrogen and oxygen atoms in total. The van der Waals surface area contributed by atoms with Crippen molar-refractivity contribution in [3.8, 4) is 56.3 Å². The molecule has 2 heterocycles. The first kappa shape index (κ1) is 31.1. The lowest BCUT2D eigenvalue weighted by atomic mass is 9.82. The van der Waals surface area contributed by atoms with Crippen molar-refractivity contribution in [2.24, 2.45) is 5.73 Å². The Morgan fingerprint density at radius 3 is 1.50 bits per heavy atom. The van der Waals surface area contributed by atoms with E-state index in [1.165, 1.54) is 0 Å². The Balaban J connectivity index is 1.29. The Kier molecular flexibility index (Phi) is 7.84. The van der Waals surface area contributed by atoms with Crippen LogP contribution < -0.4 is 5.73 Å². The van der Waals surface area contributed by atoms with Crippen molar-refractivity contribution in [2.75, 3.05) is 0 Å². The van der Waals surface area contributed by atoms with Crippen LogP contribution in [0.2, 0.25) is 0 Å². The zero-order chi connectivity index (χ0) is 35.0. The minimum atomic E-state index is -0.781. The molecule has 246 valence electrons. The fraction of sp³-hybridized carbons (Fsp3) is 0.0217. The SMILES string of the molecule is N=C1c2c(c(-c3ccccc3)nc3ccccc23)C=C(c2nc(-c3ccccc3)nc(-c3cc(-c4ccccc4)cc(-c4ccccc4)c3)n2)C1N. The Morgan fingerprint density at radius 1 is 0.442 bits per heavy atom. The molecule has 0 amide bonds. The summed E-state index contributed by atoms with van der Waals surface area (Å²) < 4.78 is 0. The predicted molar refractivity (Wildman–Crippen MR) is 211 cm³/mol. The van der Waals surface area contributed by atoms with Gasteiger partial charge in [0, 0.05) is 38.8 Å². The lowest BCUT2D eigenvalue weighted by molar-refractivity contribution is 0.988. The molecule has 1 aliphatic rings. The van der Waals surface area contributed by atoms with Gasteiger partial charge < -0.3 is 11.1 Å². The van der Waals surface area contributed by atoms with E-state index in [4.69, 9.17) is 25.7 Å². The molecule has 0 saturated heterocycles. The molecule has 6 heteroatoms. The Hall–Kier alpha value is -6.89. The Morgan fingerprint density at radius 2 is 0.904 bits per heavy atom. The fourth-order valence-electron chi connectivity index (χ4n) is 6.94. The number of benzene rings is 6. The summed E-state index contributed by atoms with van der Waals surface area (Å²) in [5.74, 6) is 1.46. The van der Waals surface area contributed by atoms with E-state index in [9.17, 15) is 5.41 Å². The van der Waals surface area contributed by atoms with Crippen molar-refractivity contribution in [1.29, 1.82) is 5.41 Å². The molecule has 0 aliphatic heterocycles. The molecule has 0 fully saturated rings. The zero-order valence-corrected chi connectivity index (χ0v) is 28.1. The van der Waals surface area contributed by atoms with Gasteiger partial charge in [0.2, 0.25) is 0 Å². The molecular formula is C46H32N6. The maximum absolute atomic E-state index is 9.51. The summed E-state index contributed by atoms with van der Waals surface area (Å²) in [7, 11) is 0. The summed E-state index contributed by atoms with van der Waals surface area (Å²) in [6.45, 7) is 0. The average molecular weight is 669 g/mol. The highest BCUT2D eigenvalue weighted by atomic mass is 15.0. The third kappa shape index (κ3) is 5.67. The van der Waals surface area contributed by atoms with Gasteiger partial charge in [-0.1, -0.05) is 140 Å². The van der Waals surface area contributed by atoms with Crippen LogP contribution in [0, 0.1) is 5.41 Å². The van der Waals surface area contributed by atoms with Crippen LogP contribution in [0.15, 0.2) is 164 Å². The average Bonchev–Trinajstić information content (AvgIpc) is 3.22. The van der Waals surface area contributed by atoms with Crippen LogP contribution in [0.25, 0.3) is 78.8 Å². The Bertz CT molecular complexity index is 2580. The van der Waals surface area contributed by atoms with E-state index in [0.717, 1.165) is 66.7 Å². The maximum Gasteiger partial charge on any atom is 0.164 e. The summed E-state index contributed by atoms with van der Waals surface area (Å²) in [5.41, 5.74) is 18.1. The van der Waals surface area contributed by atoms with Crippen molar-refractivity contribution < 1.29 is 0 Å². The molecule has 0 spiro atoms. The van der Waals surface area contributed by atoms with Gasteiger partial charge in [0.1, 0.15) is 0 Å². The quantitative estimate of drug-likeness (QED) is 0.184. The van der Waals surface area contributed by atoms with Gasteiger partial charge in [0.25, 0.3) is 0 Å². The number of hydrogen-bond donors (Lipinski definition) is 2. The van der Waals surface area contributed by atoms with Gasteiger partial charge >= 0.3 is 0 Å². The molecule has 1 unspecified atom stereocenters. The first-order chi connectivity index (χ1) is 25.6. The van der Waals surface area contributed by atoms with Gasteiger partial charge in [-0.25, -0.2) is 19.9 Å². The highest BCUT2D eigenvalue weighted by Crippen LogP contribution is 2.39. The third-order valence-electron chi connectivity index (χ3n) is 9.52. The van der Waals surface area contributed by atoms with Gasteiger partial charge in [-0.2, -0.15) is 0 Å². The van der Waals surface area contributed by atoms with Crippen molar-refractivity contribution >= 4 is 28.3 Å². The monoisotopic (exact) mass is 668 g/mol. The topological polar surface area (TPSA) is 101 Å². The molecule has 3 N–H and O–H groups in total. The zero-order valence-electron chi connectivity index (χ0n) is 28.1. The molecular weight excluding hydrogens is 637 g/mol. The molecule has 0 radical (unpaired) electrons. The second-order valence-electron chi connectivity index (χ2n) is 12.8. The summed E-state index contributed by atoms with van der Waals surface area (Å²) in [4.78, 5) is 20.4. The number of fused-ring (bicyclic) bond motifs is 3. The van der Waals surface area contributed by atoms with E-state index in [-0.39, 0.29) is 0 Å². The van der Waals surface area contributed by atoms with Crippen LogP contribution in [0.4, 0.5) is 0 Å². The van der Waals surface area contributed by atoms with Crippen molar-refractivity contribution in [3.63, 3.8) is 0 Å². The van der Waals surface area contributed by atoms with Crippen LogP contribution in [-0.4, -0.2) is 31.7 Å². The number of pyridine rings is 1. The lowest BCUT2D eigenvalue weighted by Crippen LogP contribution is -2.35. The molecule has 1 atom stereocenters. The number of nitrogens with zero attached hydrogens (tertiary/aromatic N) is 4. The van der Waals surface area contributed by atoms with Gasteiger partial charge in [-0.3, -0.25) is 0 Å². The Labute approximate surface area is 301 Å². The van der Waals surface area contributed by atoms with Crippen molar-refractivity contribution in [2.45, 2.75) is 6.04 Å². The predicted octanol–water partition coefficient (Wildman–Crippen LogP) is 10.0. The van der Waals surface area contributed by atoms with E-state index in [2.05, 4.69) is 42.5 Å².